The van der Waals surface area contributed by atoms with Crippen LogP contribution in [0.25, 0.3) is 0 Å². The van der Waals surface area contributed by atoms with E-state index in [0.717, 1.165) is 19.6 Å². The van der Waals surface area contributed by atoms with Gasteiger partial charge in [-0.1, -0.05) is 13.8 Å². The highest BCUT2D eigenvalue weighted by atomic mass is 32.2. The minimum atomic E-state index is 0.931. The topological polar surface area (TPSA) is 29.9 Å². The maximum absolute atomic E-state index is 4.33. The third kappa shape index (κ3) is 5.23. The molecule has 1 rings (SSSR count). The lowest BCUT2D eigenvalue weighted by Gasteiger charge is -2.00. The van der Waals surface area contributed by atoms with Crippen LogP contribution in [0.15, 0.2) is 12.4 Å². The smallest absolute Gasteiger partial charge is 0.0534 e. The molecule has 0 spiro atoms. The molecule has 1 aromatic rings. The number of aryl methyl sites for hydroxylation is 1. The van der Waals surface area contributed by atoms with Gasteiger partial charge in [0.2, 0.25) is 0 Å². The number of nitrogens with one attached hydrogen (secondary N) is 1. The Morgan fingerprint density at radius 2 is 2.33 bits per heavy atom. The molecule has 0 aliphatic heterocycles. The summed E-state index contributed by atoms with van der Waals surface area (Å²) in [4.78, 5) is 0. The van der Waals surface area contributed by atoms with Gasteiger partial charge in [0, 0.05) is 24.8 Å². The minimum absolute atomic E-state index is 0.931. The molecule has 0 fully saturated rings. The zero-order chi connectivity index (χ0) is 10.9. The molecule has 0 saturated carbocycles. The molecular formula is C11H21N3S. The molecule has 1 aromatic heterocycles. The Morgan fingerprint density at radius 3 is 3.07 bits per heavy atom. The van der Waals surface area contributed by atoms with Crippen LogP contribution in [0, 0.1) is 0 Å². The van der Waals surface area contributed by atoms with E-state index in [2.05, 4.69) is 30.5 Å². The number of hydrogen-bond donors (Lipinski definition) is 1. The SMILES string of the molecule is CCNCc1cnn(CCCSCC)c1. The number of aromatic nitrogens is 2. The fourth-order valence-corrected chi connectivity index (χ4v) is 1.98. The summed E-state index contributed by atoms with van der Waals surface area (Å²) in [6.07, 6.45) is 5.30. The summed E-state index contributed by atoms with van der Waals surface area (Å²) in [6.45, 7) is 7.30. The second-order valence-corrected chi connectivity index (χ2v) is 4.84. The molecule has 0 atom stereocenters. The molecule has 15 heavy (non-hydrogen) atoms. The van der Waals surface area contributed by atoms with Gasteiger partial charge < -0.3 is 5.32 Å². The van der Waals surface area contributed by atoms with Crippen LogP contribution < -0.4 is 5.32 Å². The molecular weight excluding hydrogens is 206 g/mol. The summed E-state index contributed by atoms with van der Waals surface area (Å²) in [6, 6.07) is 0. The lowest BCUT2D eigenvalue weighted by Crippen LogP contribution is -2.11. The molecule has 0 saturated heterocycles. The van der Waals surface area contributed by atoms with E-state index in [0.29, 0.717) is 0 Å². The molecule has 4 heteroatoms. The summed E-state index contributed by atoms with van der Waals surface area (Å²) < 4.78 is 2.04. The summed E-state index contributed by atoms with van der Waals surface area (Å²) in [7, 11) is 0. The van der Waals surface area contributed by atoms with Crippen LogP contribution in [0.3, 0.4) is 0 Å². The fourth-order valence-electron chi connectivity index (χ4n) is 1.36. The van der Waals surface area contributed by atoms with E-state index in [-0.39, 0.29) is 0 Å². The highest BCUT2D eigenvalue weighted by molar-refractivity contribution is 7.99. The van der Waals surface area contributed by atoms with E-state index >= 15 is 0 Å². The summed E-state index contributed by atoms with van der Waals surface area (Å²) in [5.41, 5.74) is 1.28. The van der Waals surface area contributed by atoms with Crippen LogP contribution in [0.4, 0.5) is 0 Å². The number of thioether (sulfide) groups is 1. The monoisotopic (exact) mass is 227 g/mol. The molecule has 0 amide bonds. The Labute approximate surface area is 96.6 Å². The van der Waals surface area contributed by atoms with Gasteiger partial charge in [-0.25, -0.2) is 0 Å². The Bertz CT molecular complexity index is 260. The van der Waals surface area contributed by atoms with Crippen molar-refractivity contribution < 1.29 is 0 Å². The van der Waals surface area contributed by atoms with E-state index in [1.165, 1.54) is 23.5 Å². The van der Waals surface area contributed by atoms with Crippen molar-refractivity contribution in [2.24, 2.45) is 0 Å². The molecule has 0 bridgehead atoms. The maximum atomic E-state index is 4.33. The lowest BCUT2D eigenvalue weighted by atomic mass is 10.3. The highest BCUT2D eigenvalue weighted by Gasteiger charge is 1.97. The van der Waals surface area contributed by atoms with Crippen molar-refractivity contribution in [1.82, 2.24) is 15.1 Å². The Balaban J connectivity index is 2.20. The van der Waals surface area contributed by atoms with Crippen molar-refractivity contribution in [2.75, 3.05) is 18.1 Å². The second kappa shape index (κ2) is 7.77. The average Bonchev–Trinajstić information content (AvgIpc) is 2.69. The molecule has 86 valence electrons. The van der Waals surface area contributed by atoms with Crippen LogP contribution in [0.2, 0.25) is 0 Å². The number of hydrogen-bond acceptors (Lipinski definition) is 3. The molecule has 3 nitrogen and oxygen atoms in total. The predicted molar refractivity (Wildman–Crippen MR) is 67.2 cm³/mol. The van der Waals surface area contributed by atoms with Crippen LogP contribution >= 0.6 is 11.8 Å². The Hall–Kier alpha value is -0.480. The van der Waals surface area contributed by atoms with Crippen molar-refractivity contribution in [2.45, 2.75) is 33.4 Å². The summed E-state index contributed by atoms with van der Waals surface area (Å²) in [5, 5.41) is 7.63. The van der Waals surface area contributed by atoms with Crippen LogP contribution in [0.1, 0.15) is 25.8 Å². The van der Waals surface area contributed by atoms with Gasteiger partial charge in [-0.15, -0.1) is 0 Å². The summed E-state index contributed by atoms with van der Waals surface area (Å²) in [5.74, 6) is 2.45. The van der Waals surface area contributed by atoms with E-state index in [1.54, 1.807) is 0 Å². The summed E-state index contributed by atoms with van der Waals surface area (Å²) >= 11 is 1.99. The molecule has 0 unspecified atom stereocenters. The quantitative estimate of drug-likeness (QED) is 0.690. The Kier molecular flexibility index (Phi) is 6.52. The first-order chi connectivity index (χ1) is 7.36. The van der Waals surface area contributed by atoms with Gasteiger partial charge in [0.05, 0.1) is 6.20 Å². The van der Waals surface area contributed by atoms with E-state index in [4.69, 9.17) is 0 Å². The van der Waals surface area contributed by atoms with Crippen molar-refractivity contribution in [3.8, 4) is 0 Å². The van der Waals surface area contributed by atoms with E-state index in [1.807, 2.05) is 22.6 Å². The highest BCUT2D eigenvalue weighted by Crippen LogP contribution is 2.03. The van der Waals surface area contributed by atoms with Crippen molar-refractivity contribution in [1.29, 1.82) is 0 Å². The fraction of sp³-hybridized carbons (Fsp3) is 0.727. The number of rotatable bonds is 8. The lowest BCUT2D eigenvalue weighted by molar-refractivity contribution is 0.605. The zero-order valence-electron chi connectivity index (χ0n) is 9.70. The van der Waals surface area contributed by atoms with Gasteiger partial charge in [0.15, 0.2) is 0 Å². The Morgan fingerprint density at radius 1 is 1.47 bits per heavy atom. The van der Waals surface area contributed by atoms with Crippen LogP contribution in [-0.2, 0) is 13.1 Å². The molecule has 1 heterocycles. The molecule has 0 aromatic carbocycles. The van der Waals surface area contributed by atoms with E-state index in [9.17, 15) is 0 Å². The second-order valence-electron chi connectivity index (χ2n) is 3.44. The molecule has 0 aliphatic rings. The van der Waals surface area contributed by atoms with Gasteiger partial charge in [-0.05, 0) is 24.5 Å². The van der Waals surface area contributed by atoms with E-state index < -0.39 is 0 Å². The standard InChI is InChI=1S/C11H21N3S/c1-3-12-8-11-9-13-14(10-11)6-5-7-15-4-2/h9-10,12H,3-8H2,1-2H3. The molecule has 1 N–H and O–H groups in total. The van der Waals surface area contributed by atoms with Gasteiger partial charge in [-0.2, -0.15) is 16.9 Å². The first-order valence-corrected chi connectivity index (χ1v) is 6.82. The first kappa shape index (κ1) is 12.6. The maximum Gasteiger partial charge on any atom is 0.0534 e. The van der Waals surface area contributed by atoms with Crippen LogP contribution in [-0.4, -0.2) is 27.8 Å². The third-order valence-corrected chi connectivity index (χ3v) is 3.13. The average molecular weight is 227 g/mol. The first-order valence-electron chi connectivity index (χ1n) is 5.66. The minimum Gasteiger partial charge on any atom is -0.313 e. The largest absolute Gasteiger partial charge is 0.313 e. The molecule has 0 aliphatic carbocycles. The predicted octanol–water partition coefficient (Wildman–Crippen LogP) is 2.14. The zero-order valence-corrected chi connectivity index (χ0v) is 10.5. The normalized spacial score (nSPS) is 10.8. The molecule has 0 radical (unpaired) electrons. The number of nitrogens with zero attached hydrogens (tertiary/aromatic N) is 2. The van der Waals surface area contributed by atoms with Gasteiger partial charge in [0.25, 0.3) is 0 Å². The van der Waals surface area contributed by atoms with Crippen molar-refractivity contribution in [3.05, 3.63) is 18.0 Å². The third-order valence-electron chi connectivity index (χ3n) is 2.15. The van der Waals surface area contributed by atoms with Gasteiger partial charge in [0.1, 0.15) is 0 Å². The van der Waals surface area contributed by atoms with Crippen LogP contribution in [0.5, 0.6) is 0 Å². The van der Waals surface area contributed by atoms with Crippen molar-refractivity contribution >= 4 is 11.8 Å². The van der Waals surface area contributed by atoms with Gasteiger partial charge >= 0.3 is 0 Å². The van der Waals surface area contributed by atoms with Crippen molar-refractivity contribution in [3.63, 3.8) is 0 Å². The van der Waals surface area contributed by atoms with Gasteiger partial charge in [-0.3, -0.25) is 4.68 Å².